The zero-order valence-electron chi connectivity index (χ0n) is 36.5. The van der Waals surface area contributed by atoms with Crippen LogP contribution >= 0.6 is 7.82 Å². The zero-order chi connectivity index (χ0) is 40.9. The van der Waals surface area contributed by atoms with Gasteiger partial charge in [0.1, 0.15) is 19.3 Å². The van der Waals surface area contributed by atoms with Crippen LogP contribution in [0.15, 0.2) is 24.3 Å². The Balaban J connectivity index is 4.46. The second-order valence-electron chi connectivity index (χ2n) is 16.9. The lowest BCUT2D eigenvalue weighted by Crippen LogP contribution is -2.51. The van der Waals surface area contributed by atoms with Crippen molar-refractivity contribution in [3.63, 3.8) is 0 Å². The Hall–Kier alpha value is -1.06. The van der Waals surface area contributed by atoms with Crippen molar-refractivity contribution in [2.75, 3.05) is 40.9 Å². The molecule has 0 aliphatic rings. The molecule has 0 spiro atoms. The number of carbonyl (C=O) groups excluding carboxylic acids is 1. The summed E-state index contributed by atoms with van der Waals surface area (Å²) in [5.74, 6) is -0.291. The molecule has 3 N–H and O–H groups in total. The molecule has 4 atom stereocenters. The van der Waals surface area contributed by atoms with Crippen LogP contribution in [0, 0.1) is 0 Å². The Morgan fingerprint density at radius 2 is 1.05 bits per heavy atom. The van der Waals surface area contributed by atoms with Crippen LogP contribution in [0.4, 0.5) is 0 Å². The first-order valence-corrected chi connectivity index (χ1v) is 24.2. The number of hydrogen-bond acceptors (Lipinski definition) is 7. The van der Waals surface area contributed by atoms with Crippen LogP contribution in [-0.2, 0) is 18.4 Å². The third-order valence-corrected chi connectivity index (χ3v) is 11.2. The highest BCUT2D eigenvalue weighted by atomic mass is 31.2. The van der Waals surface area contributed by atoms with Crippen LogP contribution in [0.25, 0.3) is 0 Å². The molecule has 10 heteroatoms. The fraction of sp³-hybridized carbons (Fsp3) is 0.889. The van der Waals surface area contributed by atoms with Crippen LogP contribution in [0.5, 0.6) is 0 Å². The number of carbonyl (C=O) groups is 1. The third kappa shape index (κ3) is 38.2. The number of amides is 1. The number of unbranched alkanes of at least 4 members (excludes halogenated alkanes) is 23. The van der Waals surface area contributed by atoms with Crippen molar-refractivity contribution in [3.8, 4) is 0 Å². The molecule has 0 aromatic carbocycles. The molecule has 0 aliphatic heterocycles. The first-order chi connectivity index (χ1) is 26.4. The van der Waals surface area contributed by atoms with Gasteiger partial charge < -0.3 is 34.0 Å². The van der Waals surface area contributed by atoms with Crippen molar-refractivity contribution in [2.45, 2.75) is 218 Å². The van der Waals surface area contributed by atoms with E-state index in [0.29, 0.717) is 30.3 Å². The Morgan fingerprint density at radius 1 is 0.636 bits per heavy atom. The first-order valence-electron chi connectivity index (χ1n) is 22.8. The normalized spacial score (nSPS) is 15.1. The average molecular weight is 801 g/mol. The molecule has 4 unspecified atom stereocenters. The molecule has 0 fully saturated rings. The molecule has 0 heterocycles. The quantitative estimate of drug-likeness (QED) is 0.0243. The molecule has 9 nitrogen and oxygen atoms in total. The molecule has 0 aromatic heterocycles. The van der Waals surface area contributed by atoms with Crippen molar-refractivity contribution in [1.29, 1.82) is 0 Å². The molecule has 55 heavy (non-hydrogen) atoms. The van der Waals surface area contributed by atoms with Gasteiger partial charge in [-0.05, 0) is 51.4 Å². The third-order valence-electron chi connectivity index (χ3n) is 10.3. The molecule has 0 saturated carbocycles. The lowest BCUT2D eigenvalue weighted by molar-refractivity contribution is -0.870. The highest BCUT2D eigenvalue weighted by molar-refractivity contribution is 7.45. The highest BCUT2D eigenvalue weighted by Gasteiger charge is 2.29. The summed E-state index contributed by atoms with van der Waals surface area (Å²) < 4.78 is 23.1. The van der Waals surface area contributed by atoms with Gasteiger partial charge in [0, 0.05) is 6.42 Å². The van der Waals surface area contributed by atoms with E-state index >= 15 is 0 Å². The summed E-state index contributed by atoms with van der Waals surface area (Å²) >= 11 is 0. The lowest BCUT2D eigenvalue weighted by Gasteiger charge is -2.31. The van der Waals surface area contributed by atoms with Crippen LogP contribution in [0.2, 0.25) is 0 Å². The van der Waals surface area contributed by atoms with Gasteiger partial charge in [-0.1, -0.05) is 167 Å². The summed E-state index contributed by atoms with van der Waals surface area (Å²) in [6.07, 6.45) is 39.4. The maximum absolute atomic E-state index is 12.9. The van der Waals surface area contributed by atoms with Crippen LogP contribution < -0.4 is 10.2 Å². The van der Waals surface area contributed by atoms with Gasteiger partial charge in [0.25, 0.3) is 7.82 Å². The zero-order valence-corrected chi connectivity index (χ0v) is 37.4. The number of nitrogens with one attached hydrogen (secondary N) is 1. The molecular weight excluding hydrogens is 711 g/mol. The number of allylic oxidation sites excluding steroid dienone is 4. The van der Waals surface area contributed by atoms with Crippen LogP contribution in [-0.4, -0.2) is 79.8 Å². The van der Waals surface area contributed by atoms with Gasteiger partial charge in [-0.25, -0.2) is 0 Å². The number of quaternary nitrogens is 1. The van der Waals surface area contributed by atoms with E-state index in [2.05, 4.69) is 43.5 Å². The largest absolute Gasteiger partial charge is 0.756 e. The maximum atomic E-state index is 12.9. The predicted octanol–water partition coefficient (Wildman–Crippen LogP) is 10.9. The summed E-state index contributed by atoms with van der Waals surface area (Å²) in [6, 6.07) is -1.09. The van der Waals surface area contributed by atoms with E-state index in [1.54, 1.807) is 0 Å². The Bertz CT molecular complexity index is 971. The minimum Gasteiger partial charge on any atom is -0.756 e. The number of aliphatic hydroxyl groups is 2. The molecule has 326 valence electrons. The number of likely N-dealkylation sites (N-methyl/N-ethyl adjacent to an activating group) is 1. The van der Waals surface area contributed by atoms with E-state index in [1.165, 1.54) is 122 Å². The van der Waals surface area contributed by atoms with E-state index in [0.717, 1.165) is 38.5 Å². The van der Waals surface area contributed by atoms with E-state index in [1.807, 2.05) is 21.1 Å². The van der Waals surface area contributed by atoms with E-state index in [9.17, 15) is 24.5 Å². The number of phosphoric acid groups is 1. The van der Waals surface area contributed by atoms with Crippen molar-refractivity contribution in [1.82, 2.24) is 5.32 Å². The molecule has 0 bridgehead atoms. The Morgan fingerprint density at radius 3 is 1.53 bits per heavy atom. The fourth-order valence-electron chi connectivity index (χ4n) is 6.56. The first kappa shape index (κ1) is 53.9. The van der Waals surface area contributed by atoms with Gasteiger partial charge in [-0.2, -0.15) is 0 Å². The molecule has 0 saturated heterocycles. The van der Waals surface area contributed by atoms with E-state index in [4.69, 9.17) is 9.05 Å². The van der Waals surface area contributed by atoms with Crippen molar-refractivity contribution in [3.05, 3.63) is 24.3 Å². The van der Waals surface area contributed by atoms with Gasteiger partial charge in [0.2, 0.25) is 5.91 Å². The van der Waals surface area contributed by atoms with Crippen molar-refractivity contribution >= 4 is 13.7 Å². The van der Waals surface area contributed by atoms with Crippen molar-refractivity contribution < 1.29 is 38.0 Å². The van der Waals surface area contributed by atoms with E-state index < -0.39 is 32.7 Å². The second kappa shape index (κ2) is 37.2. The van der Waals surface area contributed by atoms with Gasteiger partial charge in [0.15, 0.2) is 0 Å². The lowest BCUT2D eigenvalue weighted by atomic mass is 10.0. The molecular formula is C45H89N2O7P. The standard InChI is InChI=1S/C45H89N2O7P/c1-6-8-10-12-14-16-18-20-21-22-23-24-25-26-28-30-32-34-36-38-44(49)46-42(41-54-55(51,52)53-40-39-47(3,4)5)45(50)43(48)37-35-33-31-29-27-19-17-15-13-11-9-7-2/h15,17,29,31,42-43,45,48,50H,6-14,16,18-28,30,32-41H2,1-5H3,(H-,46,49,51,52)/b17-15+,31-29+. The van der Waals surface area contributed by atoms with Gasteiger partial charge >= 0.3 is 0 Å². The number of aliphatic hydroxyl groups excluding tert-OH is 2. The fourth-order valence-corrected chi connectivity index (χ4v) is 7.29. The minimum atomic E-state index is -4.67. The smallest absolute Gasteiger partial charge is 0.268 e. The highest BCUT2D eigenvalue weighted by Crippen LogP contribution is 2.38. The van der Waals surface area contributed by atoms with E-state index in [-0.39, 0.29) is 18.9 Å². The topological polar surface area (TPSA) is 128 Å². The summed E-state index contributed by atoms with van der Waals surface area (Å²) in [6.45, 7) is 4.38. The van der Waals surface area contributed by atoms with Gasteiger partial charge in [0.05, 0.1) is 39.9 Å². The Kier molecular flexibility index (Phi) is 36.5. The summed E-state index contributed by atoms with van der Waals surface area (Å²) in [5.41, 5.74) is 0. The molecule has 1 amide bonds. The summed E-state index contributed by atoms with van der Waals surface area (Å²) in [7, 11) is 1.10. The van der Waals surface area contributed by atoms with Gasteiger partial charge in [-0.15, -0.1) is 0 Å². The number of nitrogens with zero attached hydrogens (tertiary/aromatic N) is 1. The molecule has 0 rings (SSSR count). The number of phosphoric ester groups is 1. The molecule has 0 aromatic rings. The Labute approximate surface area is 339 Å². The average Bonchev–Trinajstić information content (AvgIpc) is 3.13. The second-order valence-corrected chi connectivity index (χ2v) is 18.3. The van der Waals surface area contributed by atoms with Crippen molar-refractivity contribution in [2.24, 2.45) is 0 Å². The van der Waals surface area contributed by atoms with Crippen LogP contribution in [0.1, 0.15) is 200 Å². The predicted molar refractivity (Wildman–Crippen MR) is 230 cm³/mol. The van der Waals surface area contributed by atoms with Crippen LogP contribution in [0.3, 0.4) is 0 Å². The maximum Gasteiger partial charge on any atom is 0.268 e. The monoisotopic (exact) mass is 801 g/mol. The number of rotatable bonds is 41. The molecule has 0 aliphatic carbocycles. The van der Waals surface area contributed by atoms with Gasteiger partial charge in [-0.3, -0.25) is 9.36 Å². The summed E-state index contributed by atoms with van der Waals surface area (Å²) in [4.78, 5) is 25.4. The summed E-state index contributed by atoms with van der Waals surface area (Å²) in [5, 5.41) is 24.6. The SMILES string of the molecule is CCCCC/C=C/CC/C=C/CCCC(O)C(O)C(COP(=O)([O-])OCC[N+](C)(C)C)NC(=O)CCCCCCCCCCCCCCCCCCCCC. The minimum absolute atomic E-state index is 0.0470. The number of hydrogen-bond donors (Lipinski definition) is 3. The molecule has 0 radical (unpaired) electrons.